The lowest BCUT2D eigenvalue weighted by Gasteiger charge is -2.42. The summed E-state index contributed by atoms with van der Waals surface area (Å²) in [6, 6.07) is 7.79. The van der Waals surface area contributed by atoms with Crippen molar-refractivity contribution in [2.24, 2.45) is 5.41 Å². The maximum Gasteiger partial charge on any atom is 0.230 e. The second-order valence-corrected chi connectivity index (χ2v) is 7.33. The van der Waals surface area contributed by atoms with Crippen LogP contribution < -0.4 is 0 Å². The van der Waals surface area contributed by atoms with Gasteiger partial charge >= 0.3 is 0 Å². The first kappa shape index (κ1) is 14.8. The molecular formula is C17H20BrNO2. The van der Waals surface area contributed by atoms with Crippen LogP contribution in [0.25, 0.3) is 0 Å². The minimum atomic E-state index is -0.0276. The minimum absolute atomic E-state index is 0.00752. The number of benzene rings is 1. The van der Waals surface area contributed by atoms with E-state index in [0.717, 1.165) is 35.7 Å². The summed E-state index contributed by atoms with van der Waals surface area (Å²) in [4.78, 5) is 26.4. The molecule has 2 aliphatic rings. The Kier molecular flexibility index (Phi) is 4.16. The Morgan fingerprint density at radius 1 is 1.05 bits per heavy atom. The Bertz CT molecular complexity index is 544. The number of carbonyl (C=O) groups excluding carboxylic acids is 2. The molecule has 3 rings (SSSR count). The molecule has 1 aromatic carbocycles. The van der Waals surface area contributed by atoms with E-state index in [1.807, 2.05) is 24.3 Å². The van der Waals surface area contributed by atoms with Gasteiger partial charge in [0.05, 0.1) is 6.54 Å². The summed E-state index contributed by atoms with van der Waals surface area (Å²) in [6.45, 7) is 0.396. The summed E-state index contributed by atoms with van der Waals surface area (Å²) in [7, 11) is 0. The second-order valence-electron chi connectivity index (χ2n) is 6.42. The van der Waals surface area contributed by atoms with Crippen LogP contribution in [0.4, 0.5) is 0 Å². The molecule has 0 aromatic heterocycles. The minimum Gasteiger partial charge on any atom is -0.278 e. The number of likely N-dealkylation sites (tertiary alicyclic amines) is 1. The zero-order valence-electron chi connectivity index (χ0n) is 12.1. The van der Waals surface area contributed by atoms with Crippen LogP contribution in [0.15, 0.2) is 28.7 Å². The van der Waals surface area contributed by atoms with E-state index < -0.39 is 0 Å². The average molecular weight is 350 g/mol. The van der Waals surface area contributed by atoms with Gasteiger partial charge in [-0.25, -0.2) is 0 Å². The normalized spacial score (nSPS) is 21.9. The number of amides is 2. The number of hydrogen-bond donors (Lipinski definition) is 0. The Labute approximate surface area is 133 Å². The molecule has 0 radical (unpaired) electrons. The number of imide groups is 1. The van der Waals surface area contributed by atoms with E-state index in [2.05, 4.69) is 15.9 Å². The van der Waals surface area contributed by atoms with Gasteiger partial charge in [-0.3, -0.25) is 14.5 Å². The molecule has 1 heterocycles. The Balaban J connectivity index is 1.73. The molecule has 0 unspecified atom stereocenters. The van der Waals surface area contributed by atoms with E-state index in [0.29, 0.717) is 19.4 Å². The van der Waals surface area contributed by atoms with Crippen molar-refractivity contribution < 1.29 is 9.59 Å². The third-order valence-corrected chi connectivity index (χ3v) is 5.29. The fraction of sp³-hybridized carbons (Fsp3) is 0.529. The van der Waals surface area contributed by atoms with Gasteiger partial charge in [-0.15, -0.1) is 0 Å². The molecular weight excluding hydrogens is 330 g/mol. The van der Waals surface area contributed by atoms with Crippen molar-refractivity contribution in [2.75, 3.05) is 0 Å². The van der Waals surface area contributed by atoms with Crippen molar-refractivity contribution in [2.45, 2.75) is 51.5 Å². The third-order valence-electron chi connectivity index (χ3n) is 4.80. The van der Waals surface area contributed by atoms with Crippen LogP contribution in [0, 0.1) is 5.41 Å². The highest BCUT2D eigenvalue weighted by molar-refractivity contribution is 9.10. The third kappa shape index (κ3) is 3.20. The number of hydrogen-bond acceptors (Lipinski definition) is 2. The van der Waals surface area contributed by atoms with E-state index in [9.17, 15) is 9.59 Å². The maximum absolute atomic E-state index is 12.5. The van der Waals surface area contributed by atoms with Gasteiger partial charge in [-0.2, -0.15) is 0 Å². The monoisotopic (exact) mass is 349 g/mol. The van der Waals surface area contributed by atoms with Crippen LogP contribution >= 0.6 is 15.9 Å². The lowest BCUT2D eigenvalue weighted by Crippen LogP contribution is -2.48. The molecule has 0 bridgehead atoms. The summed E-state index contributed by atoms with van der Waals surface area (Å²) in [5.74, 6) is 0.0150. The van der Waals surface area contributed by atoms with Crippen LogP contribution in [0.5, 0.6) is 0 Å². The molecule has 2 fully saturated rings. The maximum atomic E-state index is 12.5. The molecule has 1 saturated heterocycles. The first-order chi connectivity index (χ1) is 10.1. The summed E-state index contributed by atoms with van der Waals surface area (Å²) in [5, 5.41) is 0. The summed E-state index contributed by atoms with van der Waals surface area (Å²) >= 11 is 3.43. The SMILES string of the molecule is O=C1CC2(CCCCC2)CC(=O)N1Cc1cccc(Br)c1. The Hall–Kier alpha value is -1.16. The van der Waals surface area contributed by atoms with Crippen LogP contribution in [-0.4, -0.2) is 16.7 Å². The Morgan fingerprint density at radius 2 is 1.71 bits per heavy atom. The van der Waals surface area contributed by atoms with E-state index in [1.165, 1.54) is 11.3 Å². The first-order valence-electron chi connectivity index (χ1n) is 7.66. The smallest absolute Gasteiger partial charge is 0.230 e. The second kappa shape index (κ2) is 5.91. The largest absolute Gasteiger partial charge is 0.278 e. The zero-order valence-corrected chi connectivity index (χ0v) is 13.7. The fourth-order valence-corrected chi connectivity index (χ4v) is 4.13. The van der Waals surface area contributed by atoms with Gasteiger partial charge in [0, 0.05) is 17.3 Å². The van der Waals surface area contributed by atoms with Gasteiger partial charge in [-0.05, 0) is 36.0 Å². The molecule has 1 aromatic rings. The van der Waals surface area contributed by atoms with Crippen molar-refractivity contribution in [1.82, 2.24) is 4.90 Å². The fourth-order valence-electron chi connectivity index (χ4n) is 3.68. The van der Waals surface area contributed by atoms with Crippen LogP contribution in [0.2, 0.25) is 0 Å². The van der Waals surface area contributed by atoms with Crippen molar-refractivity contribution in [3.05, 3.63) is 34.3 Å². The van der Waals surface area contributed by atoms with Crippen LogP contribution in [-0.2, 0) is 16.1 Å². The topological polar surface area (TPSA) is 37.4 Å². The highest BCUT2D eigenvalue weighted by Gasteiger charge is 2.43. The molecule has 2 amide bonds. The number of nitrogens with zero attached hydrogens (tertiary/aromatic N) is 1. The highest BCUT2D eigenvalue weighted by atomic mass is 79.9. The van der Waals surface area contributed by atoms with Crippen molar-refractivity contribution >= 4 is 27.7 Å². The average Bonchev–Trinajstić information content (AvgIpc) is 2.44. The van der Waals surface area contributed by atoms with Gasteiger partial charge in [0.2, 0.25) is 11.8 Å². The number of halogens is 1. The molecule has 0 atom stereocenters. The summed E-state index contributed by atoms with van der Waals surface area (Å²) < 4.78 is 0.973. The molecule has 3 nitrogen and oxygen atoms in total. The lowest BCUT2D eigenvalue weighted by atomic mass is 9.67. The van der Waals surface area contributed by atoms with E-state index >= 15 is 0 Å². The van der Waals surface area contributed by atoms with Gasteiger partial charge in [0.1, 0.15) is 0 Å². The van der Waals surface area contributed by atoms with Crippen LogP contribution in [0.3, 0.4) is 0 Å². The highest BCUT2D eigenvalue weighted by Crippen LogP contribution is 2.45. The van der Waals surface area contributed by atoms with E-state index in [-0.39, 0.29) is 17.2 Å². The zero-order chi connectivity index (χ0) is 14.9. The first-order valence-corrected chi connectivity index (χ1v) is 8.45. The predicted octanol–water partition coefficient (Wildman–Crippen LogP) is 4.05. The molecule has 0 N–H and O–H groups in total. The standard InChI is InChI=1S/C17H20BrNO2/c18-14-6-4-5-13(9-14)12-19-15(20)10-17(11-16(19)21)7-2-1-3-8-17/h4-6,9H,1-3,7-8,10-12H2. The van der Waals surface area contributed by atoms with Gasteiger partial charge in [-0.1, -0.05) is 47.3 Å². The number of rotatable bonds is 2. The summed E-state index contributed by atoms with van der Waals surface area (Å²) in [6.07, 6.45) is 6.73. The van der Waals surface area contributed by atoms with Crippen molar-refractivity contribution in [3.8, 4) is 0 Å². The molecule has 1 spiro atoms. The van der Waals surface area contributed by atoms with Gasteiger partial charge in [0.25, 0.3) is 0 Å². The molecule has 1 saturated carbocycles. The van der Waals surface area contributed by atoms with Gasteiger partial charge in [0.15, 0.2) is 0 Å². The molecule has 4 heteroatoms. The predicted molar refractivity (Wildman–Crippen MR) is 84.5 cm³/mol. The lowest BCUT2D eigenvalue weighted by molar-refractivity contribution is -0.155. The van der Waals surface area contributed by atoms with Crippen LogP contribution in [0.1, 0.15) is 50.5 Å². The van der Waals surface area contributed by atoms with Crippen molar-refractivity contribution in [3.63, 3.8) is 0 Å². The summed E-state index contributed by atoms with van der Waals surface area (Å²) in [5.41, 5.74) is 0.964. The molecule has 1 aliphatic heterocycles. The number of carbonyl (C=O) groups is 2. The quantitative estimate of drug-likeness (QED) is 0.755. The molecule has 112 valence electrons. The Morgan fingerprint density at radius 3 is 2.33 bits per heavy atom. The van der Waals surface area contributed by atoms with E-state index in [4.69, 9.17) is 0 Å². The molecule has 21 heavy (non-hydrogen) atoms. The van der Waals surface area contributed by atoms with Gasteiger partial charge < -0.3 is 0 Å². The molecule has 1 aliphatic carbocycles. The van der Waals surface area contributed by atoms with E-state index in [1.54, 1.807) is 0 Å². The number of piperidine rings is 1. The van der Waals surface area contributed by atoms with Crippen molar-refractivity contribution in [1.29, 1.82) is 0 Å².